The van der Waals surface area contributed by atoms with E-state index in [-0.39, 0.29) is 22.7 Å². The SMILES string of the molecule is O=[N+]([O-])c1cc(Br)ccc1S(=O)(=O)N1C2CCNCC1CC2. The molecule has 1 aromatic carbocycles. The Bertz CT molecular complexity index is 695. The molecule has 2 atom stereocenters. The fraction of sp³-hybridized carbons (Fsp3) is 0.538. The van der Waals surface area contributed by atoms with Crippen LogP contribution in [0.1, 0.15) is 19.3 Å². The molecule has 1 aromatic rings. The molecule has 9 heteroatoms. The summed E-state index contributed by atoms with van der Waals surface area (Å²) in [4.78, 5) is 10.4. The summed E-state index contributed by atoms with van der Waals surface area (Å²) in [6.07, 6.45) is 2.34. The highest BCUT2D eigenvalue weighted by Gasteiger charge is 2.45. The Morgan fingerprint density at radius 1 is 1.27 bits per heavy atom. The van der Waals surface area contributed by atoms with Crippen LogP contribution >= 0.6 is 15.9 Å². The van der Waals surface area contributed by atoms with Crippen molar-refractivity contribution in [1.82, 2.24) is 9.62 Å². The summed E-state index contributed by atoms with van der Waals surface area (Å²) in [6.45, 7) is 1.37. The molecule has 7 nitrogen and oxygen atoms in total. The molecule has 2 aliphatic heterocycles. The van der Waals surface area contributed by atoms with Crippen molar-refractivity contribution in [3.63, 3.8) is 0 Å². The lowest BCUT2D eigenvalue weighted by atomic mass is 10.1. The van der Waals surface area contributed by atoms with Crippen LogP contribution in [0, 0.1) is 10.1 Å². The molecule has 0 aromatic heterocycles. The molecule has 2 fully saturated rings. The van der Waals surface area contributed by atoms with Gasteiger partial charge in [0.05, 0.1) is 4.92 Å². The molecule has 2 unspecified atom stereocenters. The Labute approximate surface area is 137 Å². The molecule has 1 N–H and O–H groups in total. The van der Waals surface area contributed by atoms with Crippen LogP contribution < -0.4 is 5.32 Å². The first-order valence-electron chi connectivity index (χ1n) is 7.09. The van der Waals surface area contributed by atoms with Crippen molar-refractivity contribution >= 4 is 31.6 Å². The van der Waals surface area contributed by atoms with E-state index in [1.807, 2.05) is 0 Å². The maximum atomic E-state index is 13.0. The third kappa shape index (κ3) is 2.66. The molecule has 2 bridgehead atoms. The van der Waals surface area contributed by atoms with E-state index >= 15 is 0 Å². The molecule has 0 aliphatic carbocycles. The topological polar surface area (TPSA) is 92.5 Å². The van der Waals surface area contributed by atoms with Gasteiger partial charge in [-0.3, -0.25) is 10.1 Å². The molecular formula is C13H16BrN3O4S. The van der Waals surface area contributed by atoms with Crippen molar-refractivity contribution in [2.45, 2.75) is 36.2 Å². The van der Waals surface area contributed by atoms with Crippen LogP contribution in [-0.4, -0.2) is 42.8 Å². The normalized spacial score (nSPS) is 25.9. The van der Waals surface area contributed by atoms with Crippen molar-refractivity contribution in [3.8, 4) is 0 Å². The first-order valence-corrected chi connectivity index (χ1v) is 9.33. The van der Waals surface area contributed by atoms with Crippen LogP contribution in [0.15, 0.2) is 27.6 Å². The predicted octanol–water partition coefficient (Wildman–Crippen LogP) is 1.87. The zero-order chi connectivity index (χ0) is 15.9. The molecule has 22 heavy (non-hydrogen) atoms. The van der Waals surface area contributed by atoms with Gasteiger partial charge >= 0.3 is 0 Å². The van der Waals surface area contributed by atoms with Crippen molar-refractivity contribution in [2.24, 2.45) is 0 Å². The molecule has 2 aliphatic rings. The average Bonchev–Trinajstić information content (AvgIpc) is 2.72. The summed E-state index contributed by atoms with van der Waals surface area (Å²) < 4.78 is 28.0. The summed E-state index contributed by atoms with van der Waals surface area (Å²) >= 11 is 3.15. The molecule has 0 radical (unpaired) electrons. The first kappa shape index (κ1) is 15.9. The number of nitro groups is 1. The van der Waals surface area contributed by atoms with Crippen molar-refractivity contribution in [1.29, 1.82) is 0 Å². The minimum atomic E-state index is -3.88. The average molecular weight is 390 g/mol. The lowest BCUT2D eigenvalue weighted by Crippen LogP contribution is -2.42. The van der Waals surface area contributed by atoms with Gasteiger partial charge in [0, 0.05) is 29.2 Å². The fourth-order valence-electron chi connectivity index (χ4n) is 3.30. The fourth-order valence-corrected chi connectivity index (χ4v) is 5.69. The van der Waals surface area contributed by atoms with E-state index in [2.05, 4.69) is 21.2 Å². The maximum absolute atomic E-state index is 13.0. The minimum Gasteiger partial charge on any atom is -0.315 e. The van der Waals surface area contributed by atoms with Crippen LogP contribution in [0.3, 0.4) is 0 Å². The van der Waals surface area contributed by atoms with Gasteiger partial charge in [0.1, 0.15) is 0 Å². The number of fused-ring (bicyclic) bond motifs is 2. The van der Waals surface area contributed by atoms with Gasteiger partial charge in [-0.1, -0.05) is 15.9 Å². The standard InChI is InChI=1S/C13H16BrN3O4S/c14-9-1-4-13(12(7-9)17(18)19)22(20,21)16-10-2-3-11(16)8-15-6-5-10/h1,4,7,10-11,15H,2-3,5-6,8H2. The van der Waals surface area contributed by atoms with Crippen LogP contribution in [0.25, 0.3) is 0 Å². The van der Waals surface area contributed by atoms with Gasteiger partial charge in [-0.05, 0) is 37.9 Å². The molecular weight excluding hydrogens is 374 g/mol. The second kappa shape index (κ2) is 5.88. The van der Waals surface area contributed by atoms with Crippen LogP contribution in [0.2, 0.25) is 0 Å². The Morgan fingerprint density at radius 3 is 2.73 bits per heavy atom. The summed E-state index contributed by atoms with van der Waals surface area (Å²) in [5.74, 6) is 0. The lowest BCUT2D eigenvalue weighted by molar-refractivity contribution is -0.387. The number of hydrogen-bond acceptors (Lipinski definition) is 5. The summed E-state index contributed by atoms with van der Waals surface area (Å²) in [6, 6.07) is 3.88. The van der Waals surface area contributed by atoms with Crippen LogP contribution in [0.5, 0.6) is 0 Å². The Morgan fingerprint density at radius 2 is 2.00 bits per heavy atom. The number of nitrogens with one attached hydrogen (secondary N) is 1. The summed E-state index contributed by atoms with van der Waals surface area (Å²) in [5.41, 5.74) is -0.383. The van der Waals surface area contributed by atoms with Gasteiger partial charge in [0.25, 0.3) is 5.69 Å². The van der Waals surface area contributed by atoms with E-state index in [0.29, 0.717) is 11.0 Å². The first-order chi connectivity index (χ1) is 10.4. The zero-order valence-electron chi connectivity index (χ0n) is 11.7. The number of rotatable bonds is 3. The van der Waals surface area contributed by atoms with Gasteiger partial charge in [-0.15, -0.1) is 0 Å². The van der Waals surface area contributed by atoms with Crippen molar-refractivity contribution in [2.75, 3.05) is 13.1 Å². The van der Waals surface area contributed by atoms with Gasteiger partial charge < -0.3 is 5.32 Å². The van der Waals surface area contributed by atoms with E-state index in [1.165, 1.54) is 22.5 Å². The number of nitro benzene ring substituents is 1. The Balaban J connectivity index is 2.09. The van der Waals surface area contributed by atoms with Gasteiger partial charge in [0.2, 0.25) is 10.0 Å². The molecule has 120 valence electrons. The minimum absolute atomic E-state index is 0.0757. The maximum Gasteiger partial charge on any atom is 0.290 e. The third-order valence-corrected chi connectivity index (χ3v) is 6.81. The summed E-state index contributed by atoms with van der Waals surface area (Å²) in [7, 11) is -3.88. The number of benzene rings is 1. The number of sulfonamides is 1. The number of hydrogen-bond donors (Lipinski definition) is 1. The smallest absolute Gasteiger partial charge is 0.290 e. The van der Waals surface area contributed by atoms with Gasteiger partial charge in [0.15, 0.2) is 4.90 Å². The highest BCUT2D eigenvalue weighted by molar-refractivity contribution is 9.10. The molecule has 2 saturated heterocycles. The molecule has 3 rings (SSSR count). The number of halogens is 1. The second-order valence-electron chi connectivity index (χ2n) is 5.58. The lowest BCUT2D eigenvalue weighted by Gasteiger charge is -2.26. The predicted molar refractivity (Wildman–Crippen MR) is 84.1 cm³/mol. The van der Waals surface area contributed by atoms with Crippen molar-refractivity contribution in [3.05, 3.63) is 32.8 Å². The summed E-state index contributed by atoms with van der Waals surface area (Å²) in [5, 5.41) is 14.5. The van der Waals surface area contributed by atoms with E-state index in [9.17, 15) is 18.5 Å². The number of nitrogens with zero attached hydrogens (tertiary/aromatic N) is 2. The highest BCUT2D eigenvalue weighted by atomic mass is 79.9. The molecule has 2 heterocycles. The van der Waals surface area contributed by atoms with Gasteiger partial charge in [-0.25, -0.2) is 8.42 Å². The molecule has 0 saturated carbocycles. The molecule has 0 amide bonds. The Kier molecular flexibility index (Phi) is 4.23. The van der Waals surface area contributed by atoms with E-state index in [0.717, 1.165) is 25.8 Å². The Hall–Kier alpha value is -1.03. The highest BCUT2D eigenvalue weighted by Crippen LogP contribution is 2.37. The monoisotopic (exact) mass is 389 g/mol. The quantitative estimate of drug-likeness (QED) is 0.629. The van der Waals surface area contributed by atoms with Crippen LogP contribution in [-0.2, 0) is 10.0 Å². The van der Waals surface area contributed by atoms with Crippen molar-refractivity contribution < 1.29 is 13.3 Å². The van der Waals surface area contributed by atoms with Crippen LogP contribution in [0.4, 0.5) is 5.69 Å². The van der Waals surface area contributed by atoms with E-state index < -0.39 is 14.9 Å². The third-order valence-electron chi connectivity index (χ3n) is 4.26. The van der Waals surface area contributed by atoms with Gasteiger partial charge in [-0.2, -0.15) is 4.31 Å². The van der Waals surface area contributed by atoms with E-state index in [4.69, 9.17) is 0 Å². The largest absolute Gasteiger partial charge is 0.315 e. The second-order valence-corrected chi connectivity index (χ2v) is 8.31. The zero-order valence-corrected chi connectivity index (χ0v) is 14.1. The molecule has 0 spiro atoms. The van der Waals surface area contributed by atoms with E-state index in [1.54, 1.807) is 0 Å².